The van der Waals surface area contributed by atoms with Crippen LogP contribution in [0.3, 0.4) is 0 Å². The van der Waals surface area contributed by atoms with Crippen LogP contribution in [0, 0.1) is 0 Å². The zero-order valence-electron chi connectivity index (χ0n) is 29.9. The molecule has 21 N–H and O–H groups in total. The molecule has 4 rings (SSSR count). The number of rotatable bonds is 15. The van der Waals surface area contributed by atoms with Crippen LogP contribution in [0.1, 0.15) is 25.7 Å². The van der Waals surface area contributed by atoms with Crippen molar-refractivity contribution in [2.45, 2.75) is 136 Å². The van der Waals surface area contributed by atoms with Gasteiger partial charge >= 0.3 is 6.09 Å². The van der Waals surface area contributed by atoms with Crippen LogP contribution in [0.4, 0.5) is 4.79 Å². The fourth-order valence-corrected chi connectivity index (χ4v) is 6.78. The van der Waals surface area contributed by atoms with Crippen molar-refractivity contribution in [2.24, 2.45) is 38.7 Å². The predicted molar refractivity (Wildman–Crippen MR) is 184 cm³/mol. The SMILES string of the molecule is NC(=O)OC1C(O)C(O)C(NC(=O)C2CCC(N)=N2)C(O)C1OC1OC(CO)C(OC2OC(CO)C(O)C(O)C2NC(=O)[C@@H](N)CCCN=C(N)N)C(O)C1O. The zero-order valence-corrected chi connectivity index (χ0v) is 29.9. The van der Waals surface area contributed by atoms with Gasteiger partial charge in [0.2, 0.25) is 11.8 Å². The molecule has 3 amide bonds. The van der Waals surface area contributed by atoms with E-state index < -0.39 is 141 Å². The van der Waals surface area contributed by atoms with Gasteiger partial charge in [-0.15, -0.1) is 0 Å². The second-order valence-corrected chi connectivity index (χ2v) is 13.8. The van der Waals surface area contributed by atoms with Gasteiger partial charge in [-0.3, -0.25) is 19.6 Å². The van der Waals surface area contributed by atoms with Crippen molar-refractivity contribution in [3.05, 3.63) is 0 Å². The molecule has 320 valence electrons. The third-order valence-corrected chi connectivity index (χ3v) is 9.84. The number of hydrogen-bond acceptors (Lipinski definition) is 21. The summed E-state index contributed by atoms with van der Waals surface area (Å²) < 4.78 is 27.7. The van der Waals surface area contributed by atoms with Gasteiger partial charge < -0.3 is 109 Å². The molecule has 4 aliphatic rings. The molecule has 17 unspecified atom stereocenters. The van der Waals surface area contributed by atoms with Crippen LogP contribution in [-0.4, -0.2) is 205 Å². The van der Waals surface area contributed by atoms with E-state index in [1.807, 2.05) is 0 Å². The Hall–Kier alpha value is -3.61. The molecule has 0 aromatic heterocycles. The number of nitrogens with two attached hydrogens (primary N) is 5. The molecule has 0 spiro atoms. The van der Waals surface area contributed by atoms with Gasteiger partial charge in [-0.2, -0.15) is 0 Å². The highest BCUT2D eigenvalue weighted by Gasteiger charge is 2.57. The van der Waals surface area contributed by atoms with Crippen molar-refractivity contribution >= 4 is 29.7 Å². The number of primary amides is 1. The molecule has 26 heteroatoms. The number of carbonyl (C=O) groups is 3. The van der Waals surface area contributed by atoms with E-state index in [9.17, 15) is 60.3 Å². The third kappa shape index (κ3) is 10.5. The number of aliphatic hydroxyl groups excluding tert-OH is 9. The first kappa shape index (κ1) is 45.1. The van der Waals surface area contributed by atoms with Crippen molar-refractivity contribution in [1.29, 1.82) is 0 Å². The predicted octanol–water partition coefficient (Wildman–Crippen LogP) is -9.93. The molecular weight excluding hydrogens is 758 g/mol. The summed E-state index contributed by atoms with van der Waals surface area (Å²) in [7, 11) is 0. The Balaban J connectivity index is 1.52. The number of aliphatic hydroxyl groups is 9. The summed E-state index contributed by atoms with van der Waals surface area (Å²) >= 11 is 0. The van der Waals surface area contributed by atoms with E-state index in [0.29, 0.717) is 6.42 Å². The number of nitrogens with zero attached hydrogens (tertiary/aromatic N) is 2. The minimum Gasteiger partial charge on any atom is -0.441 e. The molecule has 3 aliphatic heterocycles. The van der Waals surface area contributed by atoms with Crippen LogP contribution in [0.25, 0.3) is 0 Å². The van der Waals surface area contributed by atoms with Crippen molar-refractivity contribution in [3.63, 3.8) is 0 Å². The Bertz CT molecular complexity index is 1410. The minimum absolute atomic E-state index is 0.0727. The maximum Gasteiger partial charge on any atom is 0.404 e. The topological polar surface area (TPSA) is 458 Å². The van der Waals surface area contributed by atoms with Gasteiger partial charge in [0.1, 0.15) is 79.2 Å². The molecule has 3 heterocycles. The highest BCUT2D eigenvalue weighted by molar-refractivity contribution is 5.91. The number of nitrogens with one attached hydrogen (secondary N) is 2. The summed E-state index contributed by atoms with van der Waals surface area (Å²) in [5.74, 6) is -1.61. The summed E-state index contributed by atoms with van der Waals surface area (Å²) in [6, 6.07) is -5.50. The maximum atomic E-state index is 13.0. The van der Waals surface area contributed by atoms with E-state index >= 15 is 0 Å². The zero-order chi connectivity index (χ0) is 41.6. The Morgan fingerprint density at radius 3 is 1.98 bits per heavy atom. The number of aliphatic imine (C=N–C) groups is 2. The van der Waals surface area contributed by atoms with Crippen LogP contribution >= 0.6 is 0 Å². The molecule has 56 heavy (non-hydrogen) atoms. The Morgan fingerprint density at radius 2 is 1.39 bits per heavy atom. The van der Waals surface area contributed by atoms with E-state index in [1.165, 1.54) is 0 Å². The van der Waals surface area contributed by atoms with Gasteiger partial charge in [-0.25, -0.2) is 4.79 Å². The molecule has 0 radical (unpaired) electrons. The van der Waals surface area contributed by atoms with E-state index in [2.05, 4.69) is 20.6 Å². The van der Waals surface area contributed by atoms with Gasteiger partial charge in [0.25, 0.3) is 0 Å². The number of carbonyl (C=O) groups excluding carboxylic acids is 3. The number of amides is 3. The van der Waals surface area contributed by atoms with Crippen LogP contribution in [0.2, 0.25) is 0 Å². The fourth-order valence-electron chi connectivity index (χ4n) is 6.78. The summed E-state index contributed by atoms with van der Waals surface area (Å²) in [5, 5.41) is 102. The molecular formula is C30H53N9O17. The van der Waals surface area contributed by atoms with Crippen molar-refractivity contribution in [3.8, 4) is 0 Å². The lowest BCUT2D eigenvalue weighted by atomic mass is 9.82. The molecule has 1 saturated carbocycles. The molecule has 0 aromatic carbocycles. The molecule has 2 saturated heterocycles. The molecule has 26 nitrogen and oxygen atoms in total. The second kappa shape index (κ2) is 19.7. The number of guanidine groups is 1. The first-order valence-corrected chi connectivity index (χ1v) is 17.7. The Labute approximate surface area is 318 Å². The van der Waals surface area contributed by atoms with Crippen molar-refractivity contribution < 1.29 is 84.0 Å². The van der Waals surface area contributed by atoms with Crippen molar-refractivity contribution in [2.75, 3.05) is 19.8 Å². The normalized spacial score (nSPS) is 40.5. The first-order valence-electron chi connectivity index (χ1n) is 17.7. The van der Waals surface area contributed by atoms with E-state index in [0.717, 1.165) is 0 Å². The Morgan fingerprint density at radius 1 is 0.786 bits per heavy atom. The van der Waals surface area contributed by atoms with Gasteiger partial charge in [0.05, 0.1) is 31.1 Å². The van der Waals surface area contributed by atoms with E-state index in [1.54, 1.807) is 0 Å². The molecule has 3 fully saturated rings. The maximum absolute atomic E-state index is 13.0. The lowest BCUT2D eigenvalue weighted by Gasteiger charge is -2.49. The summed E-state index contributed by atoms with van der Waals surface area (Å²) in [6.45, 7) is -1.68. The fraction of sp³-hybridized carbons (Fsp3) is 0.833. The standard InChI is InChI=1S/C30H53N9O17/c31-8(2-1-5-36-29(33)34)25(49)39-14-17(44)15(42)10(6-40)52-27(14)54-22-11(7-41)53-28(21(48)20(22)47)55-23-18(45)13(16(43)19(46)24(23)56-30(35)51)38-26(50)9-3-4-12(32)37-9/h8-11,13-24,27-28,40-48H,1-7,31H2,(H2,32,37)(H2,35,51)(H,38,50)(H,39,49)(H4,33,34,36)/t8-,9?,10?,11?,13?,14?,15?,16?,17?,18?,19?,20?,21?,22?,23?,24?,27?,28?/m0/s1. The van der Waals surface area contributed by atoms with E-state index in [-0.39, 0.29) is 37.6 Å². The summed E-state index contributed by atoms with van der Waals surface area (Å²) in [4.78, 5) is 45.4. The van der Waals surface area contributed by atoms with Gasteiger partial charge in [0, 0.05) is 13.0 Å². The molecule has 18 atom stereocenters. The van der Waals surface area contributed by atoms with Crippen LogP contribution in [0.15, 0.2) is 9.98 Å². The summed E-state index contributed by atoms with van der Waals surface area (Å²) in [5.41, 5.74) is 27.4. The van der Waals surface area contributed by atoms with E-state index in [4.69, 9.17) is 52.4 Å². The van der Waals surface area contributed by atoms with Gasteiger partial charge in [-0.05, 0) is 19.3 Å². The highest BCUT2D eigenvalue weighted by Crippen LogP contribution is 2.33. The first-order chi connectivity index (χ1) is 26.4. The Kier molecular flexibility index (Phi) is 15.9. The van der Waals surface area contributed by atoms with Crippen molar-refractivity contribution in [1.82, 2.24) is 10.6 Å². The number of ether oxygens (including phenoxy) is 5. The molecule has 0 aromatic rings. The average Bonchev–Trinajstić information content (AvgIpc) is 3.60. The van der Waals surface area contributed by atoms with Gasteiger partial charge in [-0.1, -0.05) is 0 Å². The largest absolute Gasteiger partial charge is 0.441 e. The van der Waals surface area contributed by atoms with Crippen LogP contribution in [0.5, 0.6) is 0 Å². The second-order valence-electron chi connectivity index (χ2n) is 13.8. The van der Waals surface area contributed by atoms with Crippen LogP contribution < -0.4 is 39.3 Å². The minimum atomic E-state index is -2.16. The molecule has 0 bridgehead atoms. The lowest BCUT2D eigenvalue weighted by Crippen LogP contribution is -2.72. The lowest BCUT2D eigenvalue weighted by molar-refractivity contribution is -0.361. The number of hydrogen-bond donors (Lipinski definition) is 16. The van der Waals surface area contributed by atoms with Crippen LogP contribution in [-0.2, 0) is 33.3 Å². The average molecular weight is 812 g/mol. The number of amidine groups is 1. The molecule has 1 aliphatic carbocycles. The third-order valence-electron chi connectivity index (χ3n) is 9.84. The summed E-state index contributed by atoms with van der Waals surface area (Å²) in [6.07, 6.45) is -27.2. The quantitative estimate of drug-likeness (QED) is 0.0415. The monoisotopic (exact) mass is 811 g/mol. The van der Waals surface area contributed by atoms with Gasteiger partial charge in [0.15, 0.2) is 24.6 Å². The highest BCUT2D eigenvalue weighted by atomic mass is 16.7. The smallest absolute Gasteiger partial charge is 0.404 e.